The number of benzene rings is 2. The second-order valence-corrected chi connectivity index (χ2v) is 7.42. The Balaban J connectivity index is 0.00000240. The highest BCUT2D eigenvalue weighted by Crippen LogP contribution is 2.29. The van der Waals surface area contributed by atoms with Crippen LogP contribution in [0.25, 0.3) is 11.0 Å². The summed E-state index contributed by atoms with van der Waals surface area (Å²) in [4.78, 5) is 11.5. The number of carbonyl (C=O) groups excluding carboxylic acids is 1. The van der Waals surface area contributed by atoms with Crippen molar-refractivity contribution >= 4 is 29.2 Å². The second-order valence-electron chi connectivity index (χ2n) is 7.42. The van der Waals surface area contributed by atoms with E-state index >= 15 is 0 Å². The Morgan fingerprint density at radius 3 is 2.83 bits per heavy atom. The molecule has 1 aromatic heterocycles. The summed E-state index contributed by atoms with van der Waals surface area (Å²) < 4.78 is 11.3. The van der Waals surface area contributed by atoms with Gasteiger partial charge in [-0.15, -0.1) is 12.4 Å². The number of aliphatic hydroxyl groups excluding tert-OH is 1. The fourth-order valence-electron chi connectivity index (χ4n) is 3.75. The Labute approximate surface area is 176 Å². The zero-order chi connectivity index (χ0) is 19.5. The fraction of sp³-hybridized carbons (Fsp3) is 0.348. The summed E-state index contributed by atoms with van der Waals surface area (Å²) in [7, 11) is 0. The van der Waals surface area contributed by atoms with Gasteiger partial charge in [-0.1, -0.05) is 30.3 Å². The lowest BCUT2D eigenvalue weighted by molar-refractivity contribution is 0.0989. The zero-order valence-corrected chi connectivity index (χ0v) is 17.2. The molecule has 0 spiro atoms. The minimum Gasteiger partial charge on any atom is -0.490 e. The molecule has 0 saturated heterocycles. The van der Waals surface area contributed by atoms with Crippen LogP contribution in [-0.4, -0.2) is 36.2 Å². The lowest BCUT2D eigenvalue weighted by Crippen LogP contribution is -2.40. The zero-order valence-electron chi connectivity index (χ0n) is 16.4. The van der Waals surface area contributed by atoms with Crippen LogP contribution in [0.5, 0.6) is 5.75 Å². The number of Topliss-reactive ketones (excluding diaryl/α,β-unsaturated/α-hetero) is 1. The van der Waals surface area contributed by atoms with Crippen LogP contribution >= 0.6 is 12.4 Å². The van der Waals surface area contributed by atoms with Gasteiger partial charge in [-0.05, 0) is 48.6 Å². The first-order valence-corrected chi connectivity index (χ1v) is 9.74. The topological polar surface area (TPSA) is 71.7 Å². The largest absolute Gasteiger partial charge is 0.490 e. The second kappa shape index (κ2) is 9.44. The van der Waals surface area contributed by atoms with Crippen molar-refractivity contribution in [3.8, 4) is 5.75 Å². The number of furan rings is 1. The summed E-state index contributed by atoms with van der Waals surface area (Å²) in [6, 6.07) is 16.1. The average Bonchev–Trinajstić information content (AvgIpc) is 3.16. The molecule has 1 heterocycles. The van der Waals surface area contributed by atoms with E-state index in [1.807, 2.05) is 12.1 Å². The molecule has 4 rings (SSSR count). The molecular formula is C23H26ClNO4. The molecule has 3 aromatic rings. The first kappa shape index (κ1) is 21.4. The lowest BCUT2D eigenvalue weighted by Gasteiger charge is -2.26. The Kier molecular flexibility index (Phi) is 6.96. The summed E-state index contributed by atoms with van der Waals surface area (Å²) in [5, 5.41) is 14.5. The Hall–Kier alpha value is -2.34. The van der Waals surface area contributed by atoms with Crippen molar-refractivity contribution < 1.29 is 19.1 Å². The number of aliphatic hydroxyl groups is 1. The number of carbonyl (C=O) groups is 1. The molecule has 154 valence electrons. The summed E-state index contributed by atoms with van der Waals surface area (Å²) in [6.45, 7) is 2.13. The Morgan fingerprint density at radius 1 is 1.24 bits per heavy atom. The van der Waals surface area contributed by atoms with Crippen LogP contribution in [0.2, 0.25) is 0 Å². The number of hydrogen-bond donors (Lipinski definition) is 2. The molecule has 2 atom stereocenters. The van der Waals surface area contributed by atoms with Crippen molar-refractivity contribution in [1.82, 2.24) is 5.32 Å². The smallest absolute Gasteiger partial charge is 0.194 e. The normalized spacial score (nSPS) is 16.7. The van der Waals surface area contributed by atoms with Gasteiger partial charge in [-0.3, -0.25) is 4.79 Å². The number of aryl methyl sites for hydroxylation is 1. The molecule has 0 aliphatic heterocycles. The third kappa shape index (κ3) is 4.99. The minimum absolute atomic E-state index is 0. The van der Waals surface area contributed by atoms with Gasteiger partial charge in [0.1, 0.15) is 24.0 Å². The van der Waals surface area contributed by atoms with E-state index in [9.17, 15) is 9.90 Å². The van der Waals surface area contributed by atoms with Crippen molar-refractivity contribution in [2.45, 2.75) is 38.3 Å². The molecule has 0 fully saturated rings. The van der Waals surface area contributed by atoms with E-state index in [-0.39, 0.29) is 24.8 Å². The molecule has 0 radical (unpaired) electrons. The number of ether oxygens (including phenoxy) is 1. The molecule has 2 unspecified atom stereocenters. The van der Waals surface area contributed by atoms with Gasteiger partial charge in [-0.2, -0.15) is 0 Å². The summed E-state index contributed by atoms with van der Waals surface area (Å²) >= 11 is 0. The summed E-state index contributed by atoms with van der Waals surface area (Å²) in [6.07, 6.45) is 2.52. The number of nitrogens with one attached hydrogen (secondary N) is 1. The Morgan fingerprint density at radius 2 is 2.03 bits per heavy atom. The highest BCUT2D eigenvalue weighted by molar-refractivity contribution is 5.97. The maximum absolute atomic E-state index is 11.5. The van der Waals surface area contributed by atoms with Crippen molar-refractivity contribution in [2.75, 3.05) is 13.2 Å². The van der Waals surface area contributed by atoms with Crippen molar-refractivity contribution in [3.05, 3.63) is 65.4 Å². The highest BCUT2D eigenvalue weighted by Gasteiger charge is 2.19. The van der Waals surface area contributed by atoms with Gasteiger partial charge in [0, 0.05) is 19.5 Å². The quantitative estimate of drug-likeness (QED) is 0.572. The molecule has 1 aliphatic carbocycles. The number of ketones is 1. The summed E-state index contributed by atoms with van der Waals surface area (Å²) in [5.41, 5.74) is 3.43. The fourth-order valence-corrected chi connectivity index (χ4v) is 3.75. The van der Waals surface area contributed by atoms with E-state index in [4.69, 9.17) is 9.15 Å². The number of halogens is 1. The Bertz CT molecular complexity index is 984. The van der Waals surface area contributed by atoms with E-state index in [0.717, 1.165) is 24.6 Å². The van der Waals surface area contributed by atoms with E-state index in [1.54, 1.807) is 12.1 Å². The van der Waals surface area contributed by atoms with Gasteiger partial charge < -0.3 is 19.6 Å². The van der Waals surface area contributed by atoms with Gasteiger partial charge in [0.25, 0.3) is 0 Å². The van der Waals surface area contributed by atoms with E-state index < -0.39 is 6.10 Å². The third-order valence-electron chi connectivity index (χ3n) is 5.29. The molecule has 0 saturated carbocycles. The average molecular weight is 416 g/mol. The molecule has 2 N–H and O–H groups in total. The molecule has 5 nitrogen and oxygen atoms in total. The number of fused-ring (bicyclic) bond motifs is 2. The van der Waals surface area contributed by atoms with Gasteiger partial charge in [0.15, 0.2) is 11.5 Å². The molecule has 29 heavy (non-hydrogen) atoms. The standard InChI is InChI=1S/C23H25NO4.ClH/c1-15(25)23-12-20-21(7-4-8-22(20)28-23)27-14-19(26)13-24-18-10-9-16-5-2-3-6-17(16)11-18;/h2-8,12,18-19,24,26H,9-11,13-14H2,1H3;1H. The van der Waals surface area contributed by atoms with Gasteiger partial charge >= 0.3 is 0 Å². The van der Waals surface area contributed by atoms with Crippen LogP contribution in [0.4, 0.5) is 0 Å². The van der Waals surface area contributed by atoms with E-state index in [1.165, 1.54) is 18.1 Å². The molecule has 2 aromatic carbocycles. The maximum Gasteiger partial charge on any atom is 0.194 e. The highest BCUT2D eigenvalue weighted by atomic mass is 35.5. The number of rotatable bonds is 7. The maximum atomic E-state index is 11.5. The van der Waals surface area contributed by atoms with Gasteiger partial charge in [-0.25, -0.2) is 0 Å². The first-order valence-electron chi connectivity index (χ1n) is 9.74. The minimum atomic E-state index is -0.619. The van der Waals surface area contributed by atoms with Gasteiger partial charge in [0.05, 0.1) is 5.39 Å². The predicted molar refractivity (Wildman–Crippen MR) is 115 cm³/mol. The molecular weight excluding hydrogens is 390 g/mol. The van der Waals surface area contributed by atoms with Gasteiger partial charge in [0.2, 0.25) is 0 Å². The van der Waals surface area contributed by atoms with Crippen molar-refractivity contribution in [2.24, 2.45) is 0 Å². The SMILES string of the molecule is CC(=O)c1cc2c(OCC(O)CNC3CCc4ccccc4C3)cccc2o1.Cl. The van der Waals surface area contributed by atoms with Crippen LogP contribution in [0.3, 0.4) is 0 Å². The molecule has 0 bridgehead atoms. The van der Waals surface area contributed by atoms with E-state index in [2.05, 4.69) is 29.6 Å². The van der Waals surface area contributed by atoms with E-state index in [0.29, 0.717) is 29.7 Å². The summed E-state index contributed by atoms with van der Waals surface area (Å²) in [5.74, 6) is 0.797. The first-order chi connectivity index (χ1) is 13.6. The lowest BCUT2D eigenvalue weighted by atomic mass is 9.88. The monoisotopic (exact) mass is 415 g/mol. The van der Waals surface area contributed by atoms with Crippen LogP contribution in [-0.2, 0) is 12.8 Å². The molecule has 1 aliphatic rings. The molecule has 6 heteroatoms. The number of hydrogen-bond acceptors (Lipinski definition) is 5. The van der Waals surface area contributed by atoms with Crippen LogP contribution < -0.4 is 10.1 Å². The van der Waals surface area contributed by atoms with Crippen molar-refractivity contribution in [3.63, 3.8) is 0 Å². The van der Waals surface area contributed by atoms with Crippen molar-refractivity contribution in [1.29, 1.82) is 0 Å². The van der Waals surface area contributed by atoms with Crippen LogP contribution in [0.1, 0.15) is 35.0 Å². The van der Waals surface area contributed by atoms with Crippen LogP contribution in [0.15, 0.2) is 52.9 Å². The molecule has 0 amide bonds. The van der Waals surface area contributed by atoms with Crippen LogP contribution in [0, 0.1) is 0 Å². The third-order valence-corrected chi connectivity index (χ3v) is 5.29. The predicted octanol–water partition coefficient (Wildman–Crippen LogP) is 3.94.